The molecule has 0 spiro atoms. The fourth-order valence-electron chi connectivity index (χ4n) is 6.45. The molecule has 16 nitrogen and oxygen atoms in total. The van der Waals surface area contributed by atoms with Crippen LogP contribution in [0.2, 0.25) is 0 Å². The van der Waals surface area contributed by atoms with Crippen molar-refractivity contribution in [2.75, 3.05) is 26.2 Å². The molecule has 1 aromatic rings. The highest BCUT2D eigenvalue weighted by atomic mass is 32.3. The lowest BCUT2D eigenvalue weighted by Gasteiger charge is -2.34. The van der Waals surface area contributed by atoms with E-state index >= 15 is 0 Å². The van der Waals surface area contributed by atoms with E-state index in [1.165, 1.54) is 12.1 Å². The number of benzene rings is 1. The van der Waals surface area contributed by atoms with Crippen molar-refractivity contribution in [3.63, 3.8) is 0 Å². The molecular weight excluding hydrogens is 837 g/mol. The Labute approximate surface area is 354 Å². The Bertz CT molecular complexity index is 1840. The first-order chi connectivity index (χ1) is 28.2. The molecule has 0 radical (unpaired) electrons. The number of unbranched alkanes of at least 4 members (excludes halogenated alkanes) is 20. The molecule has 1 rings (SSSR count). The third-order valence-corrected chi connectivity index (χ3v) is 19.6. The number of rotatable bonds is 37. The Hall–Kier alpha value is -3.18. The second-order valence-corrected chi connectivity index (χ2v) is 22.6. The van der Waals surface area contributed by atoms with Crippen LogP contribution >= 0.6 is 0 Å². The zero-order valence-electron chi connectivity index (χ0n) is 34.3. The van der Waals surface area contributed by atoms with Crippen molar-refractivity contribution < 1.29 is 33.7 Å². The van der Waals surface area contributed by atoms with Gasteiger partial charge in [-0.25, -0.2) is 52.6 Å². The summed E-state index contributed by atoms with van der Waals surface area (Å²) in [5, 5.41) is 35.2. The topological polar surface area (TPSA) is 280 Å². The lowest BCUT2D eigenvalue weighted by molar-refractivity contribution is 0.524. The maximum atomic E-state index is 14.8. The Kier molecular flexibility index (Phi) is 27.3. The van der Waals surface area contributed by atoms with Crippen molar-refractivity contribution in [1.29, 1.82) is 21.0 Å². The van der Waals surface area contributed by atoms with Crippen LogP contribution in [-0.4, -0.2) is 59.9 Å². The standard InChI is InChI=1S/C39H64N8O8S4/c40-29-19-9-1-5-13-23-33-44-56(48,49)38-28-18-17-27-37(38)39(57(50,51)45-34-24-14-6-2-10-20-30-41,58(52,53)46-35-25-15-7-3-11-21-31-42)59(54,55)47-36-26-16-8-4-12-22-32-43/h17-18,27-28,44-47H,1-16,19-26,33-36H2. The van der Waals surface area contributed by atoms with Gasteiger partial charge in [0.1, 0.15) is 0 Å². The van der Waals surface area contributed by atoms with Gasteiger partial charge in [0.15, 0.2) is 0 Å². The quantitative estimate of drug-likeness (QED) is 0.0536. The highest BCUT2D eigenvalue weighted by molar-refractivity contribution is 8.23. The molecule has 0 aliphatic heterocycles. The van der Waals surface area contributed by atoms with Crippen molar-refractivity contribution >= 4 is 40.1 Å². The average Bonchev–Trinajstić information content (AvgIpc) is 3.19. The SMILES string of the molecule is N#CCCCCCCCNS(=O)(=O)c1ccccc1C(S(=O)(=O)NCCCCCCCC#N)(S(=O)(=O)NCCCCCCCC#N)S(=O)(=O)NCCCCCCCC#N. The molecule has 0 unspecified atom stereocenters. The summed E-state index contributed by atoms with van der Waals surface area (Å²) in [4.78, 5) is -0.831. The van der Waals surface area contributed by atoms with Crippen LogP contribution in [0.25, 0.3) is 0 Å². The van der Waals surface area contributed by atoms with Gasteiger partial charge in [-0.3, -0.25) is 0 Å². The zero-order chi connectivity index (χ0) is 43.9. The molecule has 0 atom stereocenters. The summed E-state index contributed by atoms with van der Waals surface area (Å²) >= 11 is 0. The molecular formula is C39H64N8O8S4. The van der Waals surface area contributed by atoms with E-state index in [0.717, 1.165) is 25.0 Å². The molecule has 0 saturated heterocycles. The van der Waals surface area contributed by atoms with Crippen LogP contribution in [0.15, 0.2) is 29.2 Å². The van der Waals surface area contributed by atoms with Gasteiger partial charge < -0.3 is 0 Å². The summed E-state index contributed by atoms with van der Waals surface area (Å²) in [6.45, 7) is -1.14. The Morgan fingerprint density at radius 3 is 0.983 bits per heavy atom. The van der Waals surface area contributed by atoms with Gasteiger partial charge in [-0.15, -0.1) is 0 Å². The molecule has 4 N–H and O–H groups in total. The minimum absolute atomic E-state index is 0.0972. The van der Waals surface area contributed by atoms with E-state index in [4.69, 9.17) is 21.0 Å². The van der Waals surface area contributed by atoms with Crippen LogP contribution in [-0.2, 0) is 43.5 Å². The maximum absolute atomic E-state index is 14.8. The second kappa shape index (κ2) is 29.9. The van der Waals surface area contributed by atoms with Gasteiger partial charge in [-0.1, -0.05) is 95.2 Å². The monoisotopic (exact) mass is 900 g/mol. The predicted octanol–water partition coefficient (Wildman–Crippen LogP) is 6.29. The summed E-state index contributed by atoms with van der Waals surface area (Å²) in [7, 11) is -21.4. The predicted molar refractivity (Wildman–Crippen MR) is 227 cm³/mol. The van der Waals surface area contributed by atoms with Crippen molar-refractivity contribution in [1.82, 2.24) is 18.9 Å². The summed E-state index contributed by atoms with van der Waals surface area (Å²) in [5.74, 6) is 0. The number of nitriles is 4. The Morgan fingerprint density at radius 2 is 0.661 bits per heavy atom. The molecule has 59 heavy (non-hydrogen) atoms. The Morgan fingerprint density at radius 1 is 0.390 bits per heavy atom. The summed E-state index contributed by atoms with van der Waals surface area (Å²) in [5.41, 5.74) is -0.985. The molecule has 332 valence electrons. The third-order valence-electron chi connectivity index (χ3n) is 9.60. The summed E-state index contributed by atoms with van der Waals surface area (Å²) < 4.78 is 122. The number of sulfonamides is 4. The first-order valence-corrected chi connectivity index (χ1v) is 26.7. The van der Waals surface area contributed by atoms with Crippen molar-refractivity contribution in [3.05, 3.63) is 29.8 Å². The smallest absolute Gasteiger partial charge is 0.213 e. The molecule has 0 aromatic heterocycles. The lowest BCUT2D eigenvalue weighted by Crippen LogP contribution is -2.62. The fourth-order valence-corrected chi connectivity index (χ4v) is 15.7. The summed E-state index contributed by atoms with van der Waals surface area (Å²) in [6.07, 6.45) is 12.8. The number of nitrogens with zero attached hydrogens (tertiary/aromatic N) is 4. The van der Waals surface area contributed by atoms with Crippen LogP contribution in [0.1, 0.15) is 160 Å². The molecule has 0 aliphatic rings. The van der Waals surface area contributed by atoms with Crippen LogP contribution in [0.5, 0.6) is 0 Å². The van der Waals surface area contributed by atoms with E-state index in [0.29, 0.717) is 122 Å². The van der Waals surface area contributed by atoms with Crippen molar-refractivity contribution in [2.45, 2.75) is 162 Å². The molecule has 0 heterocycles. The van der Waals surface area contributed by atoms with E-state index in [1.807, 2.05) is 0 Å². The van der Waals surface area contributed by atoms with Gasteiger partial charge in [0.25, 0.3) is 30.1 Å². The normalized spacial score (nSPS) is 12.3. The van der Waals surface area contributed by atoms with Crippen LogP contribution in [0.3, 0.4) is 0 Å². The average molecular weight is 901 g/mol. The van der Waals surface area contributed by atoms with E-state index in [1.54, 1.807) is 0 Å². The minimum atomic E-state index is -5.56. The molecule has 0 amide bonds. The van der Waals surface area contributed by atoms with E-state index < -0.39 is 54.0 Å². The number of nitrogens with one attached hydrogen (secondary N) is 4. The van der Waals surface area contributed by atoms with Gasteiger partial charge >= 0.3 is 3.41 Å². The van der Waals surface area contributed by atoms with Gasteiger partial charge in [0.2, 0.25) is 10.0 Å². The number of hydrogen-bond donors (Lipinski definition) is 4. The van der Waals surface area contributed by atoms with Crippen molar-refractivity contribution in [3.8, 4) is 24.3 Å². The van der Waals surface area contributed by atoms with Gasteiger partial charge in [-0.2, -0.15) is 21.0 Å². The number of hydrogen-bond acceptors (Lipinski definition) is 12. The third kappa shape index (κ3) is 18.5. The van der Waals surface area contributed by atoms with E-state index in [2.05, 4.69) is 43.2 Å². The molecule has 0 saturated carbocycles. The Balaban J connectivity index is 3.77. The maximum Gasteiger partial charge on any atom is 0.339 e. The van der Waals surface area contributed by atoms with Gasteiger partial charge in [-0.05, 0) is 57.4 Å². The first kappa shape index (κ1) is 53.8. The highest BCUT2D eigenvalue weighted by Crippen LogP contribution is 2.43. The molecule has 0 aliphatic carbocycles. The van der Waals surface area contributed by atoms with Crippen molar-refractivity contribution in [2.24, 2.45) is 0 Å². The largest absolute Gasteiger partial charge is 0.339 e. The molecule has 0 bridgehead atoms. The lowest BCUT2D eigenvalue weighted by atomic mass is 10.1. The second-order valence-electron chi connectivity index (χ2n) is 14.3. The molecule has 0 fully saturated rings. The molecule has 1 aromatic carbocycles. The zero-order valence-corrected chi connectivity index (χ0v) is 37.6. The van der Waals surface area contributed by atoms with Crippen LogP contribution in [0, 0.1) is 45.3 Å². The molecule has 20 heteroatoms. The van der Waals surface area contributed by atoms with Crippen LogP contribution in [0.4, 0.5) is 0 Å². The van der Waals surface area contributed by atoms with Gasteiger partial charge in [0, 0.05) is 57.4 Å². The first-order valence-electron chi connectivity index (χ1n) is 20.8. The van der Waals surface area contributed by atoms with E-state index in [-0.39, 0.29) is 45.4 Å². The fraction of sp³-hybridized carbons (Fsp3) is 0.744. The summed E-state index contributed by atoms with van der Waals surface area (Å²) in [6, 6.07) is 12.6. The van der Waals surface area contributed by atoms with Gasteiger partial charge in [0.05, 0.1) is 29.2 Å². The van der Waals surface area contributed by atoms with Crippen LogP contribution < -0.4 is 18.9 Å². The highest BCUT2D eigenvalue weighted by Gasteiger charge is 2.68. The van der Waals surface area contributed by atoms with E-state index in [9.17, 15) is 33.7 Å². The minimum Gasteiger partial charge on any atom is -0.213 e.